The summed E-state index contributed by atoms with van der Waals surface area (Å²) < 4.78 is 1.15. The Labute approximate surface area is 146 Å². The first-order valence-corrected chi connectivity index (χ1v) is 9.29. The Morgan fingerprint density at radius 3 is 2.88 bits per heavy atom. The highest BCUT2D eigenvalue weighted by atomic mass is 32.1. The van der Waals surface area contributed by atoms with Gasteiger partial charge in [-0.25, -0.2) is 4.98 Å². The molecule has 0 radical (unpaired) electrons. The van der Waals surface area contributed by atoms with Crippen molar-refractivity contribution in [2.45, 2.75) is 39.0 Å². The molecule has 2 aromatic rings. The van der Waals surface area contributed by atoms with Crippen LogP contribution in [0.3, 0.4) is 0 Å². The molecule has 2 heterocycles. The van der Waals surface area contributed by atoms with Crippen molar-refractivity contribution in [2.75, 3.05) is 20.1 Å². The lowest BCUT2D eigenvalue weighted by molar-refractivity contribution is -0.135. The number of thiazole rings is 1. The minimum atomic E-state index is -0.308. The van der Waals surface area contributed by atoms with Gasteiger partial charge in [0.25, 0.3) is 0 Å². The van der Waals surface area contributed by atoms with Crippen LogP contribution in [0.2, 0.25) is 0 Å². The van der Waals surface area contributed by atoms with Gasteiger partial charge in [-0.15, -0.1) is 11.3 Å². The number of rotatable bonds is 5. The number of aliphatic hydroxyl groups is 1. The SMILES string of the molecule is CC(O)C1CCN(C(C)C(=O)N(C)Cc2nc3ccccc3s2)C1. The third kappa shape index (κ3) is 3.61. The Balaban J connectivity index is 1.61. The second kappa shape index (κ2) is 7.17. The molecule has 5 nitrogen and oxygen atoms in total. The molecule has 1 aliphatic heterocycles. The van der Waals surface area contributed by atoms with Crippen LogP contribution >= 0.6 is 11.3 Å². The second-order valence-corrected chi connectivity index (χ2v) is 7.85. The highest BCUT2D eigenvalue weighted by Crippen LogP contribution is 2.24. The van der Waals surface area contributed by atoms with Crippen molar-refractivity contribution >= 4 is 27.5 Å². The quantitative estimate of drug-likeness (QED) is 0.902. The molecule has 24 heavy (non-hydrogen) atoms. The number of benzene rings is 1. The normalized spacial score (nSPS) is 21.1. The summed E-state index contributed by atoms with van der Waals surface area (Å²) in [5.74, 6) is 0.385. The van der Waals surface area contributed by atoms with Crippen molar-refractivity contribution in [3.63, 3.8) is 0 Å². The Kier molecular flexibility index (Phi) is 5.18. The lowest BCUT2D eigenvalue weighted by Gasteiger charge is -2.28. The van der Waals surface area contributed by atoms with E-state index in [-0.39, 0.29) is 24.0 Å². The number of hydrogen-bond acceptors (Lipinski definition) is 5. The molecular weight excluding hydrogens is 322 g/mol. The largest absolute Gasteiger partial charge is 0.393 e. The number of carbonyl (C=O) groups is 1. The number of hydrogen-bond donors (Lipinski definition) is 1. The smallest absolute Gasteiger partial charge is 0.239 e. The summed E-state index contributed by atoms with van der Waals surface area (Å²) in [6.45, 7) is 5.99. The van der Waals surface area contributed by atoms with Gasteiger partial charge in [0.05, 0.1) is 28.9 Å². The number of likely N-dealkylation sites (tertiary alicyclic amines) is 1. The molecule has 1 N–H and O–H groups in total. The van der Waals surface area contributed by atoms with E-state index in [1.54, 1.807) is 16.2 Å². The van der Waals surface area contributed by atoms with Crippen LogP contribution in [0.1, 0.15) is 25.3 Å². The van der Waals surface area contributed by atoms with Gasteiger partial charge in [-0.3, -0.25) is 9.69 Å². The molecule has 1 amide bonds. The minimum absolute atomic E-state index is 0.112. The maximum Gasteiger partial charge on any atom is 0.239 e. The van der Waals surface area contributed by atoms with Crippen molar-refractivity contribution < 1.29 is 9.90 Å². The van der Waals surface area contributed by atoms with E-state index in [2.05, 4.69) is 16.0 Å². The minimum Gasteiger partial charge on any atom is -0.393 e. The molecule has 6 heteroatoms. The number of para-hydroxylation sites is 1. The fourth-order valence-electron chi connectivity index (χ4n) is 3.30. The van der Waals surface area contributed by atoms with Crippen molar-refractivity contribution in [2.24, 2.45) is 5.92 Å². The van der Waals surface area contributed by atoms with Crippen molar-refractivity contribution in [3.05, 3.63) is 29.3 Å². The van der Waals surface area contributed by atoms with Crippen LogP contribution in [0.15, 0.2) is 24.3 Å². The number of amides is 1. The predicted molar refractivity (Wildman–Crippen MR) is 96.9 cm³/mol. The number of carbonyl (C=O) groups excluding carboxylic acids is 1. The standard InChI is InChI=1S/C18H25N3O2S/c1-12(21-9-8-14(10-21)13(2)22)18(23)20(3)11-17-19-15-6-4-5-7-16(15)24-17/h4-7,12-14,22H,8-11H2,1-3H3. The Morgan fingerprint density at radius 1 is 1.46 bits per heavy atom. The Morgan fingerprint density at radius 2 is 2.21 bits per heavy atom. The number of likely N-dealkylation sites (N-methyl/N-ethyl adjacent to an activating group) is 1. The van der Waals surface area contributed by atoms with E-state index in [1.165, 1.54) is 0 Å². The van der Waals surface area contributed by atoms with Crippen LogP contribution < -0.4 is 0 Å². The zero-order valence-electron chi connectivity index (χ0n) is 14.5. The summed E-state index contributed by atoms with van der Waals surface area (Å²) in [5, 5.41) is 10.7. The van der Waals surface area contributed by atoms with Gasteiger partial charge in [0.1, 0.15) is 5.01 Å². The van der Waals surface area contributed by atoms with Crippen LogP contribution in [0.25, 0.3) is 10.2 Å². The first kappa shape index (κ1) is 17.3. The molecule has 0 spiro atoms. The molecular formula is C18H25N3O2S. The van der Waals surface area contributed by atoms with Gasteiger partial charge in [0.15, 0.2) is 0 Å². The van der Waals surface area contributed by atoms with Crippen molar-refractivity contribution in [3.8, 4) is 0 Å². The highest BCUT2D eigenvalue weighted by Gasteiger charge is 2.32. The van der Waals surface area contributed by atoms with E-state index in [0.29, 0.717) is 6.54 Å². The van der Waals surface area contributed by atoms with Crippen molar-refractivity contribution in [1.29, 1.82) is 0 Å². The van der Waals surface area contributed by atoms with Crippen molar-refractivity contribution in [1.82, 2.24) is 14.8 Å². The third-order valence-electron chi connectivity index (χ3n) is 4.93. The van der Waals surface area contributed by atoms with E-state index >= 15 is 0 Å². The van der Waals surface area contributed by atoms with E-state index in [1.807, 2.05) is 39.1 Å². The molecule has 130 valence electrons. The van der Waals surface area contributed by atoms with E-state index in [9.17, 15) is 9.90 Å². The third-order valence-corrected chi connectivity index (χ3v) is 5.95. The molecule has 1 fully saturated rings. The van der Waals surface area contributed by atoms with Crippen LogP contribution in [-0.2, 0) is 11.3 Å². The summed E-state index contributed by atoms with van der Waals surface area (Å²) >= 11 is 1.64. The summed E-state index contributed by atoms with van der Waals surface area (Å²) in [7, 11) is 1.84. The van der Waals surface area contributed by atoms with Crippen LogP contribution in [0, 0.1) is 5.92 Å². The van der Waals surface area contributed by atoms with Gasteiger partial charge in [-0.05, 0) is 44.9 Å². The van der Waals surface area contributed by atoms with Gasteiger partial charge in [-0.2, -0.15) is 0 Å². The fourth-order valence-corrected chi connectivity index (χ4v) is 4.33. The van der Waals surface area contributed by atoms with E-state index in [0.717, 1.165) is 34.7 Å². The lowest BCUT2D eigenvalue weighted by atomic mass is 10.0. The zero-order chi connectivity index (χ0) is 17.3. The first-order valence-electron chi connectivity index (χ1n) is 8.47. The predicted octanol–water partition coefficient (Wildman–Crippen LogP) is 2.35. The number of fused-ring (bicyclic) bond motifs is 1. The van der Waals surface area contributed by atoms with E-state index < -0.39 is 0 Å². The molecule has 1 aromatic carbocycles. The van der Waals surface area contributed by atoms with Gasteiger partial charge >= 0.3 is 0 Å². The topological polar surface area (TPSA) is 56.7 Å². The molecule has 0 aliphatic carbocycles. The first-order chi connectivity index (χ1) is 11.5. The number of aromatic nitrogens is 1. The van der Waals surface area contributed by atoms with Gasteiger partial charge in [-0.1, -0.05) is 12.1 Å². The second-order valence-electron chi connectivity index (χ2n) is 6.73. The summed E-state index contributed by atoms with van der Waals surface area (Å²) in [4.78, 5) is 21.3. The summed E-state index contributed by atoms with van der Waals surface area (Å²) in [5.41, 5.74) is 0.991. The zero-order valence-corrected chi connectivity index (χ0v) is 15.3. The summed E-state index contributed by atoms with van der Waals surface area (Å²) in [6, 6.07) is 7.89. The Bertz CT molecular complexity index is 682. The maximum atomic E-state index is 12.7. The average molecular weight is 347 g/mol. The molecule has 0 saturated carbocycles. The van der Waals surface area contributed by atoms with Crippen LogP contribution in [-0.4, -0.2) is 58.1 Å². The number of nitrogens with zero attached hydrogens (tertiary/aromatic N) is 3. The van der Waals surface area contributed by atoms with Gasteiger partial charge in [0, 0.05) is 13.6 Å². The maximum absolute atomic E-state index is 12.7. The molecule has 3 rings (SSSR count). The number of aliphatic hydroxyl groups excluding tert-OH is 1. The molecule has 1 aromatic heterocycles. The lowest BCUT2D eigenvalue weighted by Crippen LogP contribution is -2.44. The highest BCUT2D eigenvalue weighted by molar-refractivity contribution is 7.18. The van der Waals surface area contributed by atoms with E-state index in [4.69, 9.17) is 0 Å². The van der Waals surface area contributed by atoms with Crippen LogP contribution in [0.4, 0.5) is 0 Å². The molecule has 0 bridgehead atoms. The summed E-state index contributed by atoms with van der Waals surface area (Å²) in [6.07, 6.45) is 0.648. The molecule has 3 atom stereocenters. The van der Waals surface area contributed by atoms with Gasteiger partial charge < -0.3 is 10.0 Å². The fraction of sp³-hybridized carbons (Fsp3) is 0.556. The molecule has 1 aliphatic rings. The molecule has 1 saturated heterocycles. The monoisotopic (exact) mass is 347 g/mol. The average Bonchev–Trinajstić information content (AvgIpc) is 3.19. The Hall–Kier alpha value is -1.50. The van der Waals surface area contributed by atoms with Crippen LogP contribution in [0.5, 0.6) is 0 Å². The molecule has 3 unspecified atom stereocenters. The van der Waals surface area contributed by atoms with Gasteiger partial charge in [0.2, 0.25) is 5.91 Å².